The lowest BCUT2D eigenvalue weighted by molar-refractivity contribution is 0.271. The second-order valence-electron chi connectivity index (χ2n) is 2.89. The summed E-state index contributed by atoms with van der Waals surface area (Å²) in [4.78, 5) is 4.01. The van der Waals surface area contributed by atoms with E-state index in [0.29, 0.717) is 5.69 Å². The normalized spacial score (nSPS) is 13.0. The lowest BCUT2D eigenvalue weighted by atomic mass is 10.1. The van der Waals surface area contributed by atoms with E-state index >= 15 is 0 Å². The van der Waals surface area contributed by atoms with Gasteiger partial charge in [-0.1, -0.05) is 6.92 Å². The van der Waals surface area contributed by atoms with Crippen LogP contribution in [-0.4, -0.2) is 16.7 Å². The second-order valence-corrected chi connectivity index (χ2v) is 2.89. The van der Waals surface area contributed by atoms with Crippen LogP contribution in [0, 0.1) is 12.7 Å². The van der Waals surface area contributed by atoms with Gasteiger partial charge >= 0.3 is 0 Å². The lowest BCUT2D eigenvalue weighted by Gasteiger charge is -2.07. The number of halogens is 1. The Morgan fingerprint density at radius 1 is 1.58 bits per heavy atom. The van der Waals surface area contributed by atoms with E-state index in [-0.39, 0.29) is 18.3 Å². The van der Waals surface area contributed by atoms with Crippen LogP contribution in [0.1, 0.15) is 24.2 Å². The van der Waals surface area contributed by atoms with Crippen molar-refractivity contribution in [3.05, 3.63) is 29.3 Å². The van der Waals surface area contributed by atoms with Crippen molar-refractivity contribution >= 4 is 0 Å². The van der Waals surface area contributed by atoms with Crippen molar-refractivity contribution in [3.8, 4) is 0 Å². The van der Waals surface area contributed by atoms with Crippen molar-refractivity contribution < 1.29 is 9.50 Å². The molecule has 0 saturated heterocycles. The summed E-state index contributed by atoms with van der Waals surface area (Å²) in [7, 11) is 0. The van der Waals surface area contributed by atoms with Crippen LogP contribution in [0.15, 0.2) is 12.1 Å². The largest absolute Gasteiger partial charge is 0.396 e. The van der Waals surface area contributed by atoms with E-state index in [2.05, 4.69) is 4.98 Å². The summed E-state index contributed by atoms with van der Waals surface area (Å²) < 4.78 is 12.7. The smallest absolute Gasteiger partial charge is 0.144 e. The Balaban J connectivity index is 2.96. The molecule has 0 aromatic carbocycles. The zero-order valence-corrected chi connectivity index (χ0v) is 7.21. The molecular weight excluding hydrogens is 157 g/mol. The fourth-order valence-electron chi connectivity index (χ4n) is 0.931. The third-order valence-electron chi connectivity index (χ3n) is 1.82. The minimum atomic E-state index is -0.302. The molecule has 0 amide bonds. The summed E-state index contributed by atoms with van der Waals surface area (Å²) in [5.74, 6) is -0.326. The van der Waals surface area contributed by atoms with Crippen molar-refractivity contribution in [3.63, 3.8) is 0 Å². The van der Waals surface area contributed by atoms with Crippen LogP contribution in [0.25, 0.3) is 0 Å². The summed E-state index contributed by atoms with van der Waals surface area (Å²) in [6, 6.07) is 2.98. The predicted octanol–water partition coefficient (Wildman–Crippen LogP) is 1.62. The second kappa shape index (κ2) is 3.63. The molecule has 1 rings (SSSR count). The van der Waals surface area contributed by atoms with Gasteiger partial charge in [-0.15, -0.1) is 0 Å². The summed E-state index contributed by atoms with van der Waals surface area (Å²) in [5, 5.41) is 8.81. The number of pyridine rings is 1. The highest BCUT2D eigenvalue weighted by Gasteiger charge is 2.06. The number of aromatic nitrogens is 1. The van der Waals surface area contributed by atoms with Gasteiger partial charge in [-0.3, -0.25) is 4.98 Å². The minimum absolute atomic E-state index is 0.0238. The highest BCUT2D eigenvalue weighted by molar-refractivity contribution is 5.15. The summed E-state index contributed by atoms with van der Waals surface area (Å²) in [5.41, 5.74) is 1.12. The Bertz CT molecular complexity index is 275. The number of hydrogen-bond donors (Lipinski definition) is 1. The third-order valence-corrected chi connectivity index (χ3v) is 1.82. The van der Waals surface area contributed by atoms with Gasteiger partial charge in [0.2, 0.25) is 0 Å². The Labute approximate surface area is 71.1 Å². The highest BCUT2D eigenvalue weighted by Crippen LogP contribution is 2.13. The fraction of sp³-hybridized carbons (Fsp3) is 0.444. The summed E-state index contributed by atoms with van der Waals surface area (Å²) in [6.07, 6.45) is 0. The molecule has 0 radical (unpaired) electrons. The van der Waals surface area contributed by atoms with Gasteiger partial charge in [0.05, 0.1) is 12.3 Å². The van der Waals surface area contributed by atoms with E-state index in [9.17, 15) is 4.39 Å². The first-order chi connectivity index (χ1) is 5.65. The van der Waals surface area contributed by atoms with Gasteiger partial charge < -0.3 is 5.11 Å². The van der Waals surface area contributed by atoms with E-state index in [1.807, 2.05) is 6.92 Å². The molecule has 1 heterocycles. The van der Waals surface area contributed by atoms with E-state index in [4.69, 9.17) is 5.11 Å². The molecule has 0 spiro atoms. The first-order valence-corrected chi connectivity index (χ1v) is 3.89. The van der Waals surface area contributed by atoms with Gasteiger partial charge in [0.1, 0.15) is 5.82 Å². The molecule has 3 heteroatoms. The fourth-order valence-corrected chi connectivity index (χ4v) is 0.931. The summed E-state index contributed by atoms with van der Waals surface area (Å²) >= 11 is 0. The molecule has 0 saturated carbocycles. The Morgan fingerprint density at radius 2 is 2.25 bits per heavy atom. The molecular formula is C9H12FNO. The average molecular weight is 169 g/mol. The van der Waals surface area contributed by atoms with E-state index in [0.717, 1.165) is 5.69 Å². The topological polar surface area (TPSA) is 33.1 Å². The number of aryl methyl sites for hydroxylation is 1. The summed E-state index contributed by atoms with van der Waals surface area (Å²) in [6.45, 7) is 3.50. The molecule has 1 aromatic heterocycles. The van der Waals surface area contributed by atoms with Crippen LogP contribution < -0.4 is 0 Å². The molecule has 1 atom stereocenters. The highest BCUT2D eigenvalue weighted by atomic mass is 19.1. The van der Waals surface area contributed by atoms with Crippen molar-refractivity contribution in [2.24, 2.45) is 0 Å². The molecule has 12 heavy (non-hydrogen) atoms. The average Bonchev–Trinajstić information content (AvgIpc) is 2.08. The quantitative estimate of drug-likeness (QED) is 0.729. The van der Waals surface area contributed by atoms with Crippen molar-refractivity contribution in [2.45, 2.75) is 19.8 Å². The zero-order chi connectivity index (χ0) is 9.14. The van der Waals surface area contributed by atoms with Gasteiger partial charge in [0.15, 0.2) is 0 Å². The van der Waals surface area contributed by atoms with Gasteiger partial charge in [-0.2, -0.15) is 0 Å². The van der Waals surface area contributed by atoms with Crippen molar-refractivity contribution in [1.82, 2.24) is 4.98 Å². The Hall–Kier alpha value is -0.960. The predicted molar refractivity (Wildman–Crippen MR) is 44.4 cm³/mol. The van der Waals surface area contributed by atoms with Crippen LogP contribution in [-0.2, 0) is 0 Å². The van der Waals surface area contributed by atoms with Crippen LogP contribution in [0.4, 0.5) is 4.39 Å². The maximum atomic E-state index is 12.7. The first kappa shape index (κ1) is 9.13. The Kier molecular flexibility index (Phi) is 2.76. The lowest BCUT2D eigenvalue weighted by Crippen LogP contribution is -2.03. The number of hydrogen-bond acceptors (Lipinski definition) is 2. The van der Waals surface area contributed by atoms with E-state index < -0.39 is 0 Å². The van der Waals surface area contributed by atoms with Crippen molar-refractivity contribution in [2.75, 3.05) is 6.61 Å². The maximum Gasteiger partial charge on any atom is 0.144 e. The maximum absolute atomic E-state index is 12.7. The number of aliphatic hydroxyl groups excluding tert-OH is 1. The van der Waals surface area contributed by atoms with Crippen LogP contribution in [0.2, 0.25) is 0 Å². The third kappa shape index (κ3) is 1.80. The van der Waals surface area contributed by atoms with E-state index in [1.54, 1.807) is 13.0 Å². The molecule has 0 bridgehead atoms. The van der Waals surface area contributed by atoms with Crippen LogP contribution in [0.5, 0.6) is 0 Å². The number of aliphatic hydroxyl groups is 1. The molecule has 0 aliphatic rings. The Morgan fingerprint density at radius 3 is 2.75 bits per heavy atom. The van der Waals surface area contributed by atoms with Crippen LogP contribution in [0.3, 0.4) is 0 Å². The van der Waals surface area contributed by atoms with Crippen LogP contribution >= 0.6 is 0 Å². The molecule has 66 valence electrons. The van der Waals surface area contributed by atoms with Gasteiger partial charge in [0.25, 0.3) is 0 Å². The van der Waals surface area contributed by atoms with Gasteiger partial charge in [-0.25, -0.2) is 4.39 Å². The SMILES string of the molecule is Cc1nc([C@H](C)CO)ccc1F. The number of rotatable bonds is 2. The molecule has 1 aromatic rings. The molecule has 2 nitrogen and oxygen atoms in total. The monoisotopic (exact) mass is 169 g/mol. The van der Waals surface area contributed by atoms with Gasteiger partial charge in [-0.05, 0) is 19.1 Å². The molecule has 0 fully saturated rings. The van der Waals surface area contributed by atoms with Gasteiger partial charge in [0, 0.05) is 11.6 Å². The molecule has 0 aliphatic carbocycles. The minimum Gasteiger partial charge on any atom is -0.396 e. The van der Waals surface area contributed by atoms with E-state index in [1.165, 1.54) is 6.07 Å². The van der Waals surface area contributed by atoms with Crippen molar-refractivity contribution in [1.29, 1.82) is 0 Å². The first-order valence-electron chi connectivity index (χ1n) is 3.89. The molecule has 0 unspecified atom stereocenters. The number of nitrogens with zero attached hydrogens (tertiary/aromatic N) is 1. The zero-order valence-electron chi connectivity index (χ0n) is 7.21. The standard InChI is InChI=1S/C9H12FNO/c1-6(5-12)9-4-3-8(10)7(2)11-9/h3-4,6,12H,5H2,1-2H3/t6-/m1/s1. The molecule has 1 N–H and O–H groups in total. The molecule has 0 aliphatic heterocycles.